The third-order valence-corrected chi connectivity index (χ3v) is 3.22. The standard InChI is InChI=1S/C16H15ClN2O3/c1-11-2-5-13(8-15(11)17)19-18-9-12-3-6-14(7-4-12)22-10-16(20)21/h2-9,19H,10H2,1H3,(H,20,21)/p-1/b18-9-. The fourth-order valence-electron chi connectivity index (χ4n) is 1.64. The van der Waals surface area contributed by atoms with Crippen LogP contribution in [0.15, 0.2) is 47.6 Å². The summed E-state index contributed by atoms with van der Waals surface area (Å²) < 4.78 is 4.98. The number of aliphatic carboxylic acids is 1. The van der Waals surface area contributed by atoms with Crippen molar-refractivity contribution in [2.75, 3.05) is 12.0 Å². The number of carboxylic acids is 1. The van der Waals surface area contributed by atoms with Crippen LogP contribution in [0, 0.1) is 6.92 Å². The topological polar surface area (TPSA) is 73.8 Å². The van der Waals surface area contributed by atoms with Crippen LogP contribution >= 0.6 is 11.6 Å². The zero-order valence-corrected chi connectivity index (χ0v) is 12.6. The first-order chi connectivity index (χ1) is 10.5. The lowest BCUT2D eigenvalue weighted by Gasteiger charge is -2.06. The number of nitrogens with one attached hydrogen (secondary N) is 1. The molecule has 2 aromatic rings. The van der Waals surface area contributed by atoms with Crippen LogP contribution in [0.1, 0.15) is 11.1 Å². The molecule has 0 heterocycles. The number of anilines is 1. The van der Waals surface area contributed by atoms with E-state index in [1.165, 1.54) is 0 Å². The molecular weight excluding hydrogens is 304 g/mol. The molecule has 0 bridgehead atoms. The number of halogens is 1. The van der Waals surface area contributed by atoms with Crippen LogP contribution in [0.2, 0.25) is 5.02 Å². The summed E-state index contributed by atoms with van der Waals surface area (Å²) >= 11 is 6.03. The van der Waals surface area contributed by atoms with Gasteiger partial charge in [0, 0.05) is 5.02 Å². The Labute approximate surface area is 133 Å². The van der Waals surface area contributed by atoms with Crippen molar-refractivity contribution in [2.24, 2.45) is 5.10 Å². The first kappa shape index (κ1) is 15.9. The Morgan fingerprint density at radius 1 is 1.32 bits per heavy atom. The van der Waals surface area contributed by atoms with E-state index >= 15 is 0 Å². The summed E-state index contributed by atoms with van der Waals surface area (Å²) in [5.41, 5.74) is 5.52. The number of benzene rings is 2. The number of aryl methyl sites for hydroxylation is 1. The van der Waals surface area contributed by atoms with Crippen LogP contribution in [0.4, 0.5) is 5.69 Å². The SMILES string of the molecule is Cc1ccc(N/N=C\c2ccc(OCC(=O)[O-])cc2)cc1Cl. The molecule has 0 saturated carbocycles. The number of carboxylic acid groups (broad SMARTS) is 1. The average molecular weight is 318 g/mol. The minimum Gasteiger partial charge on any atom is -0.546 e. The highest BCUT2D eigenvalue weighted by Gasteiger charge is 1.97. The van der Waals surface area contributed by atoms with Crippen molar-refractivity contribution in [1.82, 2.24) is 0 Å². The number of hydrazone groups is 1. The minimum absolute atomic E-state index is 0.458. The maximum atomic E-state index is 10.3. The van der Waals surface area contributed by atoms with E-state index < -0.39 is 12.6 Å². The van der Waals surface area contributed by atoms with Gasteiger partial charge in [-0.25, -0.2) is 0 Å². The molecule has 114 valence electrons. The summed E-state index contributed by atoms with van der Waals surface area (Å²) in [4.78, 5) is 10.3. The van der Waals surface area contributed by atoms with Crippen LogP contribution in [0.25, 0.3) is 0 Å². The van der Waals surface area contributed by atoms with Gasteiger partial charge in [-0.1, -0.05) is 17.7 Å². The molecule has 6 heteroatoms. The molecule has 0 aliphatic rings. The van der Waals surface area contributed by atoms with E-state index in [0.717, 1.165) is 16.8 Å². The Morgan fingerprint density at radius 2 is 2.05 bits per heavy atom. The molecule has 0 fully saturated rings. The third-order valence-electron chi connectivity index (χ3n) is 2.82. The molecule has 1 N–H and O–H groups in total. The lowest BCUT2D eigenvalue weighted by molar-refractivity contribution is -0.307. The maximum absolute atomic E-state index is 10.3. The molecule has 2 rings (SSSR count). The van der Waals surface area contributed by atoms with Crippen molar-refractivity contribution in [3.05, 3.63) is 58.6 Å². The first-order valence-corrected chi connectivity index (χ1v) is 6.90. The molecule has 0 unspecified atom stereocenters. The Hall–Kier alpha value is -2.53. The van der Waals surface area contributed by atoms with Gasteiger partial charge in [-0.05, 0) is 54.4 Å². The summed E-state index contributed by atoms with van der Waals surface area (Å²) in [6, 6.07) is 12.4. The average Bonchev–Trinajstić information content (AvgIpc) is 2.50. The second kappa shape index (κ2) is 7.47. The fourth-order valence-corrected chi connectivity index (χ4v) is 1.82. The van der Waals surface area contributed by atoms with Gasteiger partial charge < -0.3 is 14.6 Å². The lowest BCUT2D eigenvalue weighted by Crippen LogP contribution is -2.28. The molecule has 0 aliphatic heterocycles. The number of carbonyl (C=O) groups excluding carboxylic acids is 1. The summed E-state index contributed by atoms with van der Waals surface area (Å²) in [6.45, 7) is 1.46. The zero-order valence-electron chi connectivity index (χ0n) is 11.9. The molecule has 2 aromatic carbocycles. The van der Waals surface area contributed by atoms with Crippen LogP contribution in [0.5, 0.6) is 5.75 Å². The Morgan fingerprint density at radius 3 is 2.68 bits per heavy atom. The monoisotopic (exact) mass is 317 g/mol. The van der Waals surface area contributed by atoms with Gasteiger partial charge in [-0.2, -0.15) is 5.10 Å². The van der Waals surface area contributed by atoms with Crippen molar-refractivity contribution in [3.8, 4) is 5.75 Å². The Balaban J connectivity index is 1.92. The smallest absolute Gasteiger partial charge is 0.128 e. The Kier molecular flexibility index (Phi) is 5.38. The molecule has 0 amide bonds. The zero-order chi connectivity index (χ0) is 15.9. The van der Waals surface area contributed by atoms with E-state index in [-0.39, 0.29) is 0 Å². The van der Waals surface area contributed by atoms with Gasteiger partial charge in [0.05, 0.1) is 17.9 Å². The third kappa shape index (κ3) is 4.79. The number of hydrogen-bond donors (Lipinski definition) is 1. The van der Waals surface area contributed by atoms with E-state index in [0.29, 0.717) is 10.8 Å². The van der Waals surface area contributed by atoms with E-state index in [9.17, 15) is 9.90 Å². The largest absolute Gasteiger partial charge is 0.546 e. The van der Waals surface area contributed by atoms with E-state index in [2.05, 4.69) is 10.5 Å². The molecule has 22 heavy (non-hydrogen) atoms. The highest BCUT2D eigenvalue weighted by molar-refractivity contribution is 6.31. The van der Waals surface area contributed by atoms with Crippen LogP contribution < -0.4 is 15.3 Å². The summed E-state index contributed by atoms with van der Waals surface area (Å²) in [5.74, 6) is -0.800. The van der Waals surface area contributed by atoms with Crippen molar-refractivity contribution >= 4 is 29.5 Å². The van der Waals surface area contributed by atoms with Gasteiger partial charge in [-0.15, -0.1) is 0 Å². The number of carbonyl (C=O) groups is 1. The predicted molar refractivity (Wildman–Crippen MR) is 84.3 cm³/mol. The van der Waals surface area contributed by atoms with Crippen molar-refractivity contribution in [2.45, 2.75) is 6.92 Å². The van der Waals surface area contributed by atoms with Gasteiger partial charge in [0.25, 0.3) is 0 Å². The summed E-state index contributed by atoms with van der Waals surface area (Å²) in [7, 11) is 0. The molecule has 0 atom stereocenters. The predicted octanol–water partition coefficient (Wildman–Crippen LogP) is 2.22. The Bertz CT molecular complexity index is 684. The van der Waals surface area contributed by atoms with Gasteiger partial charge in [0.15, 0.2) is 0 Å². The van der Waals surface area contributed by atoms with Crippen molar-refractivity contribution < 1.29 is 14.6 Å². The number of nitrogens with zero attached hydrogens (tertiary/aromatic N) is 1. The highest BCUT2D eigenvalue weighted by atomic mass is 35.5. The van der Waals surface area contributed by atoms with Gasteiger partial charge in [0.1, 0.15) is 12.4 Å². The quantitative estimate of drug-likeness (QED) is 0.655. The molecule has 0 radical (unpaired) electrons. The van der Waals surface area contributed by atoms with Crippen LogP contribution in [0.3, 0.4) is 0 Å². The van der Waals surface area contributed by atoms with E-state index in [4.69, 9.17) is 16.3 Å². The minimum atomic E-state index is -1.26. The number of rotatable bonds is 6. The second-order valence-corrected chi connectivity index (χ2v) is 4.97. The molecule has 5 nitrogen and oxygen atoms in total. The summed E-state index contributed by atoms with van der Waals surface area (Å²) in [6.07, 6.45) is 1.64. The molecule has 0 spiro atoms. The van der Waals surface area contributed by atoms with Crippen LogP contribution in [-0.2, 0) is 4.79 Å². The molecular formula is C16H14ClN2O3-. The maximum Gasteiger partial charge on any atom is 0.128 e. The first-order valence-electron chi connectivity index (χ1n) is 6.52. The van der Waals surface area contributed by atoms with Gasteiger partial charge in [0.2, 0.25) is 0 Å². The number of ether oxygens (including phenoxy) is 1. The van der Waals surface area contributed by atoms with Crippen LogP contribution in [-0.4, -0.2) is 18.8 Å². The normalized spacial score (nSPS) is 10.6. The lowest BCUT2D eigenvalue weighted by atomic mass is 10.2. The second-order valence-electron chi connectivity index (χ2n) is 4.56. The van der Waals surface area contributed by atoms with Crippen molar-refractivity contribution in [1.29, 1.82) is 0 Å². The van der Waals surface area contributed by atoms with Gasteiger partial charge in [-0.3, -0.25) is 5.43 Å². The highest BCUT2D eigenvalue weighted by Crippen LogP contribution is 2.19. The summed E-state index contributed by atoms with van der Waals surface area (Å²) in [5, 5.41) is 15.1. The van der Waals surface area contributed by atoms with E-state index in [1.807, 2.05) is 19.1 Å². The van der Waals surface area contributed by atoms with E-state index in [1.54, 1.807) is 36.5 Å². The van der Waals surface area contributed by atoms with Crippen molar-refractivity contribution in [3.63, 3.8) is 0 Å². The van der Waals surface area contributed by atoms with Gasteiger partial charge >= 0.3 is 0 Å². The number of hydrogen-bond acceptors (Lipinski definition) is 5. The molecule has 0 aliphatic carbocycles. The molecule has 0 saturated heterocycles. The fraction of sp³-hybridized carbons (Fsp3) is 0.125. The molecule has 0 aromatic heterocycles.